The number of amides is 2. The van der Waals surface area contributed by atoms with Crippen molar-refractivity contribution in [2.75, 3.05) is 38.0 Å². The van der Waals surface area contributed by atoms with Crippen LogP contribution < -0.4 is 5.32 Å². The molecular weight excluding hydrogens is 376 g/mol. The summed E-state index contributed by atoms with van der Waals surface area (Å²) >= 11 is 12.1. The molecule has 3 rings (SSSR count). The van der Waals surface area contributed by atoms with Gasteiger partial charge in [0, 0.05) is 32.7 Å². The van der Waals surface area contributed by atoms with E-state index in [9.17, 15) is 9.18 Å². The molecule has 138 valence electrons. The van der Waals surface area contributed by atoms with E-state index in [0.717, 1.165) is 31.6 Å². The van der Waals surface area contributed by atoms with E-state index in [1.807, 2.05) is 12.1 Å². The first-order valence-corrected chi connectivity index (χ1v) is 9.25. The lowest BCUT2D eigenvalue weighted by Gasteiger charge is -2.34. The van der Waals surface area contributed by atoms with Crippen LogP contribution in [0.1, 0.15) is 5.56 Å². The maximum absolute atomic E-state index is 12.9. The highest BCUT2D eigenvalue weighted by atomic mass is 35.5. The molecule has 2 amide bonds. The van der Waals surface area contributed by atoms with Crippen molar-refractivity contribution in [3.05, 3.63) is 63.9 Å². The van der Waals surface area contributed by atoms with Crippen LogP contribution in [0.4, 0.5) is 14.9 Å². The van der Waals surface area contributed by atoms with Crippen molar-refractivity contribution in [1.82, 2.24) is 9.80 Å². The second-order valence-electron chi connectivity index (χ2n) is 6.24. The quantitative estimate of drug-likeness (QED) is 0.825. The average Bonchev–Trinajstić information content (AvgIpc) is 2.65. The number of carbonyl (C=O) groups is 1. The Balaban J connectivity index is 1.46. The first-order valence-electron chi connectivity index (χ1n) is 8.49. The zero-order valence-corrected chi connectivity index (χ0v) is 15.7. The predicted molar refractivity (Wildman–Crippen MR) is 104 cm³/mol. The zero-order valence-electron chi connectivity index (χ0n) is 14.2. The number of carbonyl (C=O) groups excluding carboxylic acids is 1. The Kier molecular flexibility index (Phi) is 6.35. The summed E-state index contributed by atoms with van der Waals surface area (Å²) in [6, 6.07) is 11.6. The molecule has 1 heterocycles. The molecule has 0 unspecified atom stereocenters. The second kappa shape index (κ2) is 8.71. The van der Waals surface area contributed by atoms with E-state index in [1.165, 1.54) is 12.1 Å². The Morgan fingerprint density at radius 2 is 1.73 bits per heavy atom. The maximum atomic E-state index is 12.9. The van der Waals surface area contributed by atoms with Crippen LogP contribution in [0.3, 0.4) is 0 Å². The fraction of sp³-hybridized carbons (Fsp3) is 0.316. The van der Waals surface area contributed by atoms with Gasteiger partial charge < -0.3 is 10.2 Å². The monoisotopic (exact) mass is 395 g/mol. The number of hydrogen-bond acceptors (Lipinski definition) is 2. The minimum Gasteiger partial charge on any atom is -0.322 e. The Morgan fingerprint density at radius 3 is 2.42 bits per heavy atom. The molecule has 0 radical (unpaired) electrons. The summed E-state index contributed by atoms with van der Waals surface area (Å²) in [5, 5.41) is 3.58. The topological polar surface area (TPSA) is 35.6 Å². The van der Waals surface area contributed by atoms with Crippen LogP contribution in [0.2, 0.25) is 10.0 Å². The second-order valence-corrected chi connectivity index (χ2v) is 7.02. The van der Waals surface area contributed by atoms with Crippen molar-refractivity contribution in [3.8, 4) is 0 Å². The normalized spacial score (nSPS) is 15.1. The third-order valence-electron chi connectivity index (χ3n) is 4.48. The lowest BCUT2D eigenvalue weighted by atomic mass is 10.1. The van der Waals surface area contributed by atoms with Crippen LogP contribution in [0.15, 0.2) is 42.5 Å². The Bertz CT molecular complexity index is 762. The minimum atomic E-state index is -0.215. The molecule has 2 aromatic rings. The molecule has 0 spiro atoms. The molecular formula is C19H20Cl2FN3O. The molecule has 0 bridgehead atoms. The third-order valence-corrected chi connectivity index (χ3v) is 5.30. The van der Waals surface area contributed by atoms with Crippen LogP contribution in [0.5, 0.6) is 0 Å². The van der Waals surface area contributed by atoms with Crippen molar-refractivity contribution < 1.29 is 9.18 Å². The summed E-state index contributed by atoms with van der Waals surface area (Å²) in [6.07, 6.45) is 0.866. The summed E-state index contributed by atoms with van der Waals surface area (Å²) < 4.78 is 12.9. The number of nitrogens with zero attached hydrogens (tertiary/aromatic N) is 2. The van der Waals surface area contributed by atoms with E-state index in [0.29, 0.717) is 28.8 Å². The van der Waals surface area contributed by atoms with Crippen molar-refractivity contribution in [1.29, 1.82) is 0 Å². The molecule has 2 aromatic carbocycles. The number of benzene rings is 2. The molecule has 1 saturated heterocycles. The van der Waals surface area contributed by atoms with Crippen LogP contribution in [0.25, 0.3) is 0 Å². The largest absolute Gasteiger partial charge is 0.322 e. The van der Waals surface area contributed by atoms with E-state index in [-0.39, 0.29) is 11.8 Å². The van der Waals surface area contributed by atoms with Crippen molar-refractivity contribution in [3.63, 3.8) is 0 Å². The number of rotatable bonds is 4. The SMILES string of the molecule is O=C(Nc1cccc(Cl)c1Cl)N1CCN(CCc2ccc(F)cc2)CC1. The van der Waals surface area contributed by atoms with Crippen LogP contribution >= 0.6 is 23.2 Å². The van der Waals surface area contributed by atoms with Gasteiger partial charge in [-0.05, 0) is 36.2 Å². The van der Waals surface area contributed by atoms with E-state index in [1.54, 1.807) is 23.1 Å². The first-order chi connectivity index (χ1) is 12.5. The zero-order chi connectivity index (χ0) is 18.5. The van der Waals surface area contributed by atoms with E-state index >= 15 is 0 Å². The molecule has 0 atom stereocenters. The van der Waals surface area contributed by atoms with Crippen LogP contribution in [-0.4, -0.2) is 48.6 Å². The van der Waals surface area contributed by atoms with Gasteiger partial charge in [-0.1, -0.05) is 41.4 Å². The first kappa shape index (κ1) is 19.0. The molecule has 0 aromatic heterocycles. The van der Waals surface area contributed by atoms with Crippen LogP contribution in [0, 0.1) is 5.82 Å². The summed E-state index contributed by atoms with van der Waals surface area (Å²) in [5.41, 5.74) is 1.63. The summed E-state index contributed by atoms with van der Waals surface area (Å²) in [7, 11) is 0. The summed E-state index contributed by atoms with van der Waals surface area (Å²) in [4.78, 5) is 16.5. The summed E-state index contributed by atoms with van der Waals surface area (Å²) in [5.74, 6) is -0.215. The molecule has 1 aliphatic heterocycles. The van der Waals surface area contributed by atoms with Gasteiger partial charge in [0.1, 0.15) is 5.82 Å². The van der Waals surface area contributed by atoms with Crippen molar-refractivity contribution in [2.45, 2.75) is 6.42 Å². The smallest absolute Gasteiger partial charge is 0.321 e. The Hall–Kier alpha value is -1.82. The number of nitrogens with one attached hydrogen (secondary N) is 1. The molecule has 4 nitrogen and oxygen atoms in total. The van der Waals surface area contributed by atoms with Gasteiger partial charge in [0.15, 0.2) is 0 Å². The minimum absolute atomic E-state index is 0.174. The fourth-order valence-electron chi connectivity index (χ4n) is 2.91. The van der Waals surface area contributed by atoms with Gasteiger partial charge in [-0.15, -0.1) is 0 Å². The van der Waals surface area contributed by atoms with Gasteiger partial charge in [-0.25, -0.2) is 9.18 Å². The number of piperazine rings is 1. The van der Waals surface area contributed by atoms with E-state index in [2.05, 4.69) is 10.2 Å². The lowest BCUT2D eigenvalue weighted by Crippen LogP contribution is -2.50. The number of anilines is 1. The maximum Gasteiger partial charge on any atom is 0.321 e. The number of halogens is 3. The van der Waals surface area contributed by atoms with Gasteiger partial charge >= 0.3 is 6.03 Å². The molecule has 7 heteroatoms. The molecule has 1 aliphatic rings. The van der Waals surface area contributed by atoms with Crippen molar-refractivity contribution >= 4 is 34.9 Å². The Morgan fingerprint density at radius 1 is 1.04 bits per heavy atom. The number of hydrogen-bond donors (Lipinski definition) is 1. The lowest BCUT2D eigenvalue weighted by molar-refractivity contribution is 0.148. The van der Waals surface area contributed by atoms with E-state index in [4.69, 9.17) is 23.2 Å². The van der Waals surface area contributed by atoms with Gasteiger partial charge in [-0.2, -0.15) is 0 Å². The average molecular weight is 396 g/mol. The van der Waals surface area contributed by atoms with Gasteiger partial charge in [0.25, 0.3) is 0 Å². The van der Waals surface area contributed by atoms with Crippen molar-refractivity contribution in [2.24, 2.45) is 0 Å². The molecule has 1 fully saturated rings. The third kappa shape index (κ3) is 4.87. The van der Waals surface area contributed by atoms with E-state index < -0.39 is 0 Å². The molecule has 0 saturated carbocycles. The van der Waals surface area contributed by atoms with Gasteiger partial charge in [0.05, 0.1) is 15.7 Å². The number of urea groups is 1. The standard InChI is InChI=1S/C19H20Cl2FN3O/c20-16-2-1-3-17(18(16)21)23-19(26)25-12-10-24(11-13-25)9-8-14-4-6-15(22)7-5-14/h1-7H,8-13H2,(H,23,26). The van der Waals surface area contributed by atoms with Crippen LogP contribution in [-0.2, 0) is 6.42 Å². The molecule has 26 heavy (non-hydrogen) atoms. The highest BCUT2D eigenvalue weighted by Gasteiger charge is 2.21. The Labute approximate surface area is 162 Å². The highest BCUT2D eigenvalue weighted by Crippen LogP contribution is 2.29. The fourth-order valence-corrected chi connectivity index (χ4v) is 3.26. The molecule has 0 aliphatic carbocycles. The molecule has 1 N–H and O–H groups in total. The predicted octanol–water partition coefficient (Wildman–Crippen LogP) is 4.52. The van der Waals surface area contributed by atoms with Gasteiger partial charge in [-0.3, -0.25) is 4.90 Å². The van der Waals surface area contributed by atoms with Gasteiger partial charge in [0.2, 0.25) is 0 Å². The summed E-state index contributed by atoms with van der Waals surface area (Å²) in [6.45, 7) is 3.79. The highest BCUT2D eigenvalue weighted by molar-refractivity contribution is 6.43.